The van der Waals surface area contributed by atoms with E-state index >= 15 is 0 Å². The number of ether oxygens (including phenoxy) is 2. The number of aryl methyl sites for hydroxylation is 2. The van der Waals surface area contributed by atoms with Crippen LogP contribution >= 0.6 is 22.7 Å². The van der Waals surface area contributed by atoms with Gasteiger partial charge in [0.15, 0.2) is 11.5 Å². The summed E-state index contributed by atoms with van der Waals surface area (Å²) in [6.45, 7) is 3.76. The quantitative estimate of drug-likeness (QED) is 0.699. The SMILES string of the molecule is COc1cc(C)c(NC(=O)c2sc(-c3ccsc3)nc2C)cc1OC. The highest BCUT2D eigenvalue weighted by Crippen LogP contribution is 2.34. The molecule has 0 unspecified atom stereocenters. The average molecular weight is 374 g/mol. The second kappa shape index (κ2) is 7.25. The lowest BCUT2D eigenvalue weighted by atomic mass is 10.1. The smallest absolute Gasteiger partial charge is 0.267 e. The van der Waals surface area contributed by atoms with Crippen LogP contribution in [-0.4, -0.2) is 25.1 Å². The van der Waals surface area contributed by atoms with Crippen LogP contribution in [-0.2, 0) is 0 Å². The minimum atomic E-state index is -0.174. The summed E-state index contributed by atoms with van der Waals surface area (Å²) in [7, 11) is 3.15. The van der Waals surface area contributed by atoms with Gasteiger partial charge in [0.25, 0.3) is 5.91 Å². The van der Waals surface area contributed by atoms with Crippen LogP contribution in [0.2, 0.25) is 0 Å². The molecule has 0 saturated carbocycles. The summed E-state index contributed by atoms with van der Waals surface area (Å²) < 4.78 is 10.6. The van der Waals surface area contributed by atoms with Crippen LogP contribution in [0.1, 0.15) is 20.9 Å². The molecule has 0 aliphatic carbocycles. The summed E-state index contributed by atoms with van der Waals surface area (Å²) in [5.41, 5.74) is 3.35. The summed E-state index contributed by atoms with van der Waals surface area (Å²) in [4.78, 5) is 17.8. The fraction of sp³-hybridized carbons (Fsp3) is 0.222. The van der Waals surface area contributed by atoms with E-state index in [0.717, 1.165) is 21.8 Å². The molecule has 130 valence electrons. The number of carbonyl (C=O) groups excluding carboxylic acids is 1. The van der Waals surface area contributed by atoms with Crippen molar-refractivity contribution in [1.29, 1.82) is 0 Å². The highest BCUT2D eigenvalue weighted by Gasteiger charge is 2.18. The lowest BCUT2D eigenvalue weighted by Gasteiger charge is -2.13. The molecule has 1 amide bonds. The number of thiazole rings is 1. The van der Waals surface area contributed by atoms with Crippen molar-refractivity contribution >= 4 is 34.3 Å². The Morgan fingerprint density at radius 1 is 1.16 bits per heavy atom. The van der Waals surface area contributed by atoms with Gasteiger partial charge in [-0.15, -0.1) is 11.3 Å². The van der Waals surface area contributed by atoms with Gasteiger partial charge in [0.2, 0.25) is 0 Å². The van der Waals surface area contributed by atoms with Crippen LogP contribution in [0.3, 0.4) is 0 Å². The number of nitrogens with zero attached hydrogens (tertiary/aromatic N) is 1. The van der Waals surface area contributed by atoms with E-state index in [0.29, 0.717) is 22.1 Å². The number of benzene rings is 1. The number of thiophene rings is 1. The maximum absolute atomic E-state index is 12.7. The molecular weight excluding hydrogens is 356 g/mol. The van der Waals surface area contributed by atoms with Crippen molar-refractivity contribution in [3.05, 3.63) is 45.1 Å². The van der Waals surface area contributed by atoms with Crippen molar-refractivity contribution in [3.8, 4) is 22.1 Å². The largest absolute Gasteiger partial charge is 0.493 e. The highest BCUT2D eigenvalue weighted by molar-refractivity contribution is 7.17. The molecule has 2 aromatic heterocycles. The standard InChI is InChI=1S/C18H18N2O3S2/c1-10-7-14(22-3)15(23-4)8-13(10)20-17(21)16-11(2)19-18(25-16)12-5-6-24-9-12/h5-9H,1-4H3,(H,20,21). The Kier molecular flexibility index (Phi) is 5.06. The molecule has 0 radical (unpaired) electrons. The average Bonchev–Trinajstić information content (AvgIpc) is 3.25. The zero-order chi connectivity index (χ0) is 18.0. The van der Waals surface area contributed by atoms with Gasteiger partial charge < -0.3 is 14.8 Å². The number of hydrogen-bond acceptors (Lipinski definition) is 6. The van der Waals surface area contributed by atoms with Crippen molar-refractivity contribution in [2.24, 2.45) is 0 Å². The van der Waals surface area contributed by atoms with E-state index < -0.39 is 0 Å². The first kappa shape index (κ1) is 17.4. The second-order valence-corrected chi connectivity index (χ2v) is 7.20. The van der Waals surface area contributed by atoms with Crippen molar-refractivity contribution in [2.45, 2.75) is 13.8 Å². The molecule has 0 bridgehead atoms. The number of hydrogen-bond donors (Lipinski definition) is 1. The Morgan fingerprint density at radius 2 is 1.88 bits per heavy atom. The summed E-state index contributed by atoms with van der Waals surface area (Å²) >= 11 is 3.01. The molecule has 2 heterocycles. The van der Waals surface area contributed by atoms with Gasteiger partial charge in [-0.3, -0.25) is 4.79 Å². The normalized spacial score (nSPS) is 10.6. The van der Waals surface area contributed by atoms with Crippen LogP contribution in [0.4, 0.5) is 5.69 Å². The Labute approximate surface area is 154 Å². The minimum Gasteiger partial charge on any atom is -0.493 e. The Bertz CT molecular complexity index is 901. The van der Waals surface area contributed by atoms with Crippen LogP contribution < -0.4 is 14.8 Å². The number of carbonyl (C=O) groups is 1. The first-order valence-electron chi connectivity index (χ1n) is 7.57. The van der Waals surface area contributed by atoms with Crippen molar-refractivity contribution in [3.63, 3.8) is 0 Å². The van der Waals surface area contributed by atoms with Crippen molar-refractivity contribution in [1.82, 2.24) is 4.98 Å². The molecule has 0 atom stereocenters. The van der Waals surface area contributed by atoms with E-state index in [9.17, 15) is 4.79 Å². The number of nitrogens with one attached hydrogen (secondary N) is 1. The predicted molar refractivity (Wildman–Crippen MR) is 102 cm³/mol. The topological polar surface area (TPSA) is 60.5 Å². The summed E-state index contributed by atoms with van der Waals surface area (Å²) in [5, 5.41) is 7.83. The van der Waals surface area contributed by atoms with E-state index in [1.165, 1.54) is 11.3 Å². The number of methoxy groups -OCH3 is 2. The van der Waals surface area contributed by atoms with Gasteiger partial charge in [-0.1, -0.05) is 0 Å². The zero-order valence-corrected chi connectivity index (χ0v) is 16.0. The molecule has 0 aliphatic rings. The molecule has 0 saturated heterocycles. The zero-order valence-electron chi connectivity index (χ0n) is 14.4. The number of anilines is 1. The molecule has 7 heteroatoms. The predicted octanol–water partition coefficient (Wildman–Crippen LogP) is 4.76. The van der Waals surface area contributed by atoms with Crippen LogP contribution in [0.15, 0.2) is 29.0 Å². The van der Waals surface area contributed by atoms with Crippen LogP contribution in [0, 0.1) is 13.8 Å². The Balaban J connectivity index is 1.88. The third-order valence-electron chi connectivity index (χ3n) is 3.75. The molecule has 0 fully saturated rings. The van der Waals surface area contributed by atoms with Gasteiger partial charge in [0.1, 0.15) is 9.88 Å². The maximum atomic E-state index is 12.7. The molecule has 0 spiro atoms. The monoisotopic (exact) mass is 374 g/mol. The van der Waals surface area contributed by atoms with Gasteiger partial charge in [-0.25, -0.2) is 4.98 Å². The fourth-order valence-corrected chi connectivity index (χ4v) is 4.08. The summed E-state index contributed by atoms with van der Waals surface area (Å²) in [5.74, 6) is 1.03. The number of aromatic nitrogens is 1. The molecule has 1 N–H and O–H groups in total. The lowest BCUT2D eigenvalue weighted by Crippen LogP contribution is -2.12. The molecule has 0 aliphatic heterocycles. The fourth-order valence-electron chi connectivity index (χ4n) is 2.41. The number of amides is 1. The van der Waals surface area contributed by atoms with Gasteiger partial charge in [-0.05, 0) is 36.9 Å². The van der Waals surface area contributed by atoms with Crippen molar-refractivity contribution < 1.29 is 14.3 Å². The van der Waals surface area contributed by atoms with Crippen molar-refractivity contribution in [2.75, 3.05) is 19.5 Å². The van der Waals surface area contributed by atoms with E-state index in [2.05, 4.69) is 10.3 Å². The minimum absolute atomic E-state index is 0.174. The van der Waals surface area contributed by atoms with Gasteiger partial charge in [0, 0.05) is 22.7 Å². The van der Waals surface area contributed by atoms with Gasteiger partial charge in [0.05, 0.1) is 19.9 Å². The molecule has 3 rings (SSSR count). The first-order valence-corrected chi connectivity index (χ1v) is 9.33. The molecular formula is C18H18N2O3S2. The van der Waals surface area contributed by atoms with Crippen LogP contribution in [0.25, 0.3) is 10.6 Å². The van der Waals surface area contributed by atoms with E-state index in [4.69, 9.17) is 9.47 Å². The Morgan fingerprint density at radius 3 is 2.52 bits per heavy atom. The summed E-state index contributed by atoms with van der Waals surface area (Å²) in [6.07, 6.45) is 0. The molecule has 25 heavy (non-hydrogen) atoms. The maximum Gasteiger partial charge on any atom is 0.267 e. The number of rotatable bonds is 5. The summed E-state index contributed by atoms with van der Waals surface area (Å²) in [6, 6.07) is 5.61. The first-order chi connectivity index (χ1) is 12.0. The third kappa shape index (κ3) is 3.52. The van der Waals surface area contributed by atoms with E-state index in [1.54, 1.807) is 31.6 Å². The molecule has 3 aromatic rings. The molecule has 1 aromatic carbocycles. The molecule has 5 nitrogen and oxygen atoms in total. The van der Waals surface area contributed by atoms with E-state index in [1.807, 2.05) is 36.7 Å². The Hall–Kier alpha value is -2.38. The lowest BCUT2D eigenvalue weighted by molar-refractivity contribution is 0.102. The highest BCUT2D eigenvalue weighted by atomic mass is 32.1. The van der Waals surface area contributed by atoms with Gasteiger partial charge >= 0.3 is 0 Å². The second-order valence-electron chi connectivity index (χ2n) is 5.42. The van der Waals surface area contributed by atoms with Crippen LogP contribution in [0.5, 0.6) is 11.5 Å². The third-order valence-corrected chi connectivity index (χ3v) is 5.64. The van der Waals surface area contributed by atoms with Gasteiger partial charge in [-0.2, -0.15) is 11.3 Å². The van der Waals surface area contributed by atoms with E-state index in [-0.39, 0.29) is 5.91 Å².